The monoisotopic (exact) mass is 367 g/mol. The molecule has 7 heteroatoms. The maximum atomic E-state index is 14.3. The van der Waals surface area contributed by atoms with Gasteiger partial charge in [-0.05, 0) is 32.1 Å². The van der Waals surface area contributed by atoms with Gasteiger partial charge in [-0.1, -0.05) is 13.0 Å². The van der Waals surface area contributed by atoms with E-state index in [1.165, 1.54) is 18.2 Å². The maximum absolute atomic E-state index is 14.3. The van der Waals surface area contributed by atoms with Gasteiger partial charge >= 0.3 is 0 Å². The van der Waals surface area contributed by atoms with Crippen molar-refractivity contribution in [3.63, 3.8) is 0 Å². The molecule has 0 bridgehead atoms. The van der Waals surface area contributed by atoms with Gasteiger partial charge in [-0.15, -0.1) is 0 Å². The van der Waals surface area contributed by atoms with Gasteiger partial charge in [0.05, 0.1) is 18.8 Å². The van der Waals surface area contributed by atoms with Gasteiger partial charge in [0, 0.05) is 32.2 Å². The molecule has 0 radical (unpaired) electrons. The minimum atomic E-state index is -0.966. The van der Waals surface area contributed by atoms with Gasteiger partial charge < -0.3 is 9.64 Å². The Kier molecular flexibility index (Phi) is 5.89. The molecule has 1 aromatic rings. The van der Waals surface area contributed by atoms with Gasteiger partial charge in [0.15, 0.2) is 0 Å². The second kappa shape index (κ2) is 7.98. The molecular formula is C19H27F2N3O2. The minimum Gasteiger partial charge on any atom is -0.379 e. The van der Waals surface area contributed by atoms with Crippen molar-refractivity contribution < 1.29 is 18.3 Å². The number of morpholine rings is 1. The lowest BCUT2D eigenvalue weighted by atomic mass is 10.0. The molecule has 2 fully saturated rings. The van der Waals surface area contributed by atoms with Crippen molar-refractivity contribution in [3.8, 4) is 0 Å². The summed E-state index contributed by atoms with van der Waals surface area (Å²) in [6, 6.07) is 3.01. The lowest BCUT2D eigenvalue weighted by molar-refractivity contribution is -0.135. The van der Waals surface area contributed by atoms with Crippen LogP contribution >= 0.6 is 0 Å². The fourth-order valence-electron chi connectivity index (χ4n) is 4.06. The van der Waals surface area contributed by atoms with Crippen LogP contribution in [-0.4, -0.2) is 80.1 Å². The molecule has 0 N–H and O–H groups in total. The number of halogens is 2. The third kappa shape index (κ3) is 3.75. The smallest absolute Gasteiger partial charge is 0.244 e. The van der Waals surface area contributed by atoms with Crippen molar-refractivity contribution in [2.75, 3.05) is 53.5 Å². The van der Waals surface area contributed by atoms with E-state index in [0.717, 1.165) is 13.1 Å². The Morgan fingerprint density at radius 3 is 2.38 bits per heavy atom. The molecule has 2 heterocycles. The molecule has 0 spiro atoms. The standard InChI is InChI=1S/C19H27F2N3O2/c1-13-11-24(12-16(13)23-7-9-26-10-8-23)19(25)18(22(2)3)17-14(20)5-4-6-15(17)21/h4-6,13,16,18H,7-12H2,1-3H3/t13-,16+,18-/m1/s1. The van der Waals surface area contributed by atoms with Crippen molar-refractivity contribution in [2.45, 2.75) is 19.0 Å². The summed E-state index contributed by atoms with van der Waals surface area (Å²) in [5.41, 5.74) is -0.176. The molecule has 0 unspecified atom stereocenters. The summed E-state index contributed by atoms with van der Waals surface area (Å²) in [7, 11) is 3.35. The molecular weight excluding hydrogens is 340 g/mol. The number of likely N-dealkylation sites (N-methyl/N-ethyl adjacent to an activating group) is 1. The Hall–Kier alpha value is -1.57. The SMILES string of the molecule is C[C@@H]1CN(C(=O)[C@@H](c2c(F)cccc2F)N(C)C)C[C@@H]1N1CCOCC1. The molecule has 144 valence electrons. The number of ether oxygens (including phenoxy) is 1. The van der Waals surface area contributed by atoms with E-state index in [0.29, 0.717) is 32.2 Å². The van der Waals surface area contributed by atoms with Crippen molar-refractivity contribution >= 4 is 5.91 Å². The van der Waals surface area contributed by atoms with E-state index in [1.54, 1.807) is 23.9 Å². The fourth-order valence-corrected chi connectivity index (χ4v) is 4.06. The van der Waals surface area contributed by atoms with Crippen molar-refractivity contribution in [1.29, 1.82) is 0 Å². The quantitative estimate of drug-likeness (QED) is 0.812. The number of nitrogens with zero attached hydrogens (tertiary/aromatic N) is 3. The molecule has 0 aromatic heterocycles. The number of hydrogen-bond acceptors (Lipinski definition) is 4. The summed E-state index contributed by atoms with van der Waals surface area (Å²) in [6.07, 6.45) is 0. The Balaban J connectivity index is 1.80. The fraction of sp³-hybridized carbons (Fsp3) is 0.632. The van der Waals surface area contributed by atoms with Crippen molar-refractivity contribution in [3.05, 3.63) is 35.4 Å². The van der Waals surface area contributed by atoms with E-state index < -0.39 is 17.7 Å². The number of likely N-dealkylation sites (tertiary alicyclic amines) is 1. The molecule has 0 aliphatic carbocycles. The third-order valence-electron chi connectivity index (χ3n) is 5.42. The maximum Gasteiger partial charge on any atom is 0.244 e. The van der Waals surface area contributed by atoms with Crippen LogP contribution in [-0.2, 0) is 9.53 Å². The number of rotatable bonds is 4. The van der Waals surface area contributed by atoms with E-state index in [9.17, 15) is 13.6 Å². The molecule has 2 saturated heterocycles. The molecule has 0 saturated carbocycles. The number of benzene rings is 1. The van der Waals surface area contributed by atoms with Crippen LogP contribution in [0, 0.1) is 17.6 Å². The summed E-state index contributed by atoms with van der Waals surface area (Å²) < 4.78 is 34.0. The van der Waals surface area contributed by atoms with Gasteiger partial charge in [-0.2, -0.15) is 0 Å². The normalized spacial score (nSPS) is 25.7. The summed E-state index contributed by atoms with van der Waals surface area (Å²) in [5.74, 6) is -1.31. The highest BCUT2D eigenvalue weighted by molar-refractivity contribution is 5.83. The number of carbonyl (C=O) groups excluding carboxylic acids is 1. The van der Waals surface area contributed by atoms with Crippen LogP contribution in [0.4, 0.5) is 8.78 Å². The first-order chi connectivity index (χ1) is 12.4. The van der Waals surface area contributed by atoms with Crippen LogP contribution in [0.15, 0.2) is 18.2 Å². The van der Waals surface area contributed by atoms with Crippen molar-refractivity contribution in [2.24, 2.45) is 5.92 Å². The first-order valence-electron chi connectivity index (χ1n) is 9.11. The molecule has 5 nitrogen and oxygen atoms in total. The summed E-state index contributed by atoms with van der Waals surface area (Å²) >= 11 is 0. The molecule has 3 rings (SSSR count). The predicted octanol–water partition coefficient (Wildman–Crippen LogP) is 1.75. The molecule has 3 atom stereocenters. The Bertz CT molecular complexity index is 629. The predicted molar refractivity (Wildman–Crippen MR) is 94.7 cm³/mol. The van der Waals surface area contributed by atoms with Crippen LogP contribution in [0.3, 0.4) is 0 Å². The molecule has 1 aromatic carbocycles. The van der Waals surface area contributed by atoms with Gasteiger partial charge in [0.2, 0.25) is 5.91 Å². The number of hydrogen-bond donors (Lipinski definition) is 0. The molecule has 2 aliphatic rings. The second-order valence-electron chi connectivity index (χ2n) is 7.44. The van der Waals surface area contributed by atoms with Gasteiger partial charge in [-0.3, -0.25) is 14.6 Å². The molecule has 2 aliphatic heterocycles. The van der Waals surface area contributed by atoms with Crippen LogP contribution in [0.5, 0.6) is 0 Å². The minimum absolute atomic E-state index is 0.176. The number of amides is 1. The molecule has 26 heavy (non-hydrogen) atoms. The lowest BCUT2D eigenvalue weighted by Gasteiger charge is -2.34. The zero-order valence-electron chi connectivity index (χ0n) is 15.6. The highest BCUT2D eigenvalue weighted by atomic mass is 19.1. The highest BCUT2D eigenvalue weighted by Crippen LogP contribution is 2.30. The van der Waals surface area contributed by atoms with E-state index in [-0.39, 0.29) is 17.5 Å². The second-order valence-corrected chi connectivity index (χ2v) is 7.44. The van der Waals surface area contributed by atoms with E-state index >= 15 is 0 Å². The van der Waals surface area contributed by atoms with E-state index in [2.05, 4.69) is 11.8 Å². The van der Waals surface area contributed by atoms with Crippen molar-refractivity contribution in [1.82, 2.24) is 14.7 Å². The first kappa shape index (κ1) is 19.2. The topological polar surface area (TPSA) is 36.0 Å². The van der Waals surface area contributed by atoms with Crippen LogP contribution in [0.25, 0.3) is 0 Å². The van der Waals surface area contributed by atoms with E-state index in [1.807, 2.05) is 0 Å². The zero-order chi connectivity index (χ0) is 18.8. The first-order valence-corrected chi connectivity index (χ1v) is 9.11. The van der Waals surface area contributed by atoms with Crippen LogP contribution in [0.2, 0.25) is 0 Å². The number of carbonyl (C=O) groups is 1. The third-order valence-corrected chi connectivity index (χ3v) is 5.42. The summed E-state index contributed by atoms with van der Waals surface area (Å²) in [6.45, 7) is 6.44. The largest absolute Gasteiger partial charge is 0.379 e. The average Bonchev–Trinajstić information content (AvgIpc) is 3.00. The molecule has 1 amide bonds. The average molecular weight is 367 g/mol. The van der Waals surface area contributed by atoms with Gasteiger partial charge in [0.1, 0.15) is 17.7 Å². The van der Waals surface area contributed by atoms with Crippen LogP contribution in [0.1, 0.15) is 18.5 Å². The Morgan fingerprint density at radius 1 is 1.19 bits per heavy atom. The summed E-state index contributed by atoms with van der Waals surface area (Å²) in [5, 5.41) is 0. The van der Waals surface area contributed by atoms with Crippen LogP contribution < -0.4 is 0 Å². The zero-order valence-corrected chi connectivity index (χ0v) is 15.6. The summed E-state index contributed by atoms with van der Waals surface area (Å²) in [4.78, 5) is 18.9. The van der Waals surface area contributed by atoms with Gasteiger partial charge in [0.25, 0.3) is 0 Å². The lowest BCUT2D eigenvalue weighted by Crippen LogP contribution is -2.47. The Morgan fingerprint density at radius 2 is 1.81 bits per heavy atom. The van der Waals surface area contributed by atoms with E-state index in [4.69, 9.17) is 4.74 Å². The highest BCUT2D eigenvalue weighted by Gasteiger charge is 2.40. The Labute approximate surface area is 153 Å². The van der Waals surface area contributed by atoms with Gasteiger partial charge in [-0.25, -0.2) is 8.78 Å².